The van der Waals surface area contributed by atoms with Gasteiger partial charge in [-0.25, -0.2) is 9.97 Å². The molecular weight excluding hydrogens is 1110 g/mol. The van der Waals surface area contributed by atoms with Crippen LogP contribution < -0.4 is 0 Å². The Morgan fingerprint density at radius 3 is 1.22 bits per heavy atom. The number of nitrogens with zero attached hydrogens (tertiary/aromatic N) is 4. The summed E-state index contributed by atoms with van der Waals surface area (Å²) in [7, 11) is 0. The first-order valence-corrected chi connectivity index (χ1v) is 31.5. The van der Waals surface area contributed by atoms with Gasteiger partial charge in [-0.15, -0.1) is 22.7 Å². The minimum atomic E-state index is 0.602. The normalized spacial score (nSPS) is 11.9. The van der Waals surface area contributed by atoms with Crippen LogP contribution in [0.15, 0.2) is 303 Å². The molecule has 88 heavy (non-hydrogen) atoms. The van der Waals surface area contributed by atoms with Crippen molar-refractivity contribution in [2.24, 2.45) is 0 Å². The zero-order chi connectivity index (χ0) is 57.8. The fourth-order valence-electron chi connectivity index (χ4n) is 13.6. The third kappa shape index (κ3) is 8.33. The predicted octanol–water partition coefficient (Wildman–Crippen LogP) is 23.1. The van der Waals surface area contributed by atoms with E-state index in [0.29, 0.717) is 5.95 Å². The monoisotopic (exact) mass is 1150 g/mol. The Labute approximate surface area is 515 Å². The summed E-state index contributed by atoms with van der Waals surface area (Å²) in [6, 6.07) is 111. The van der Waals surface area contributed by atoms with Crippen molar-refractivity contribution in [1.82, 2.24) is 19.1 Å². The molecule has 4 nitrogen and oxygen atoms in total. The molecule has 18 aromatic rings. The van der Waals surface area contributed by atoms with Crippen LogP contribution in [0.1, 0.15) is 0 Å². The summed E-state index contributed by atoms with van der Waals surface area (Å²) < 4.78 is 9.91. The van der Waals surface area contributed by atoms with Gasteiger partial charge < -0.3 is 4.57 Å². The Morgan fingerprint density at radius 2 is 0.614 bits per heavy atom. The highest BCUT2D eigenvalue weighted by molar-refractivity contribution is 7.26. The van der Waals surface area contributed by atoms with Crippen molar-refractivity contribution >= 4 is 107 Å². The number of benzene rings is 13. The van der Waals surface area contributed by atoms with Crippen LogP contribution in [0.3, 0.4) is 0 Å². The highest BCUT2D eigenvalue weighted by Crippen LogP contribution is 2.43. The van der Waals surface area contributed by atoms with Gasteiger partial charge in [0.05, 0.1) is 33.5 Å². The minimum Gasteiger partial charge on any atom is -0.309 e. The van der Waals surface area contributed by atoms with Crippen molar-refractivity contribution in [1.29, 1.82) is 0 Å². The Kier molecular flexibility index (Phi) is 11.6. The van der Waals surface area contributed by atoms with Crippen LogP contribution in [-0.4, -0.2) is 19.1 Å². The smallest absolute Gasteiger partial charge is 0.235 e. The fraction of sp³-hybridized carbons (Fsp3) is 0. The van der Waals surface area contributed by atoms with E-state index in [0.717, 1.165) is 72.2 Å². The molecule has 0 atom stereocenters. The second kappa shape index (κ2) is 20.3. The lowest BCUT2D eigenvalue weighted by molar-refractivity contribution is 0.995. The minimum absolute atomic E-state index is 0.602. The zero-order valence-electron chi connectivity index (χ0n) is 47.5. The van der Waals surface area contributed by atoms with E-state index in [4.69, 9.17) is 9.97 Å². The predicted molar refractivity (Wildman–Crippen MR) is 375 cm³/mol. The first-order chi connectivity index (χ1) is 43.6. The van der Waals surface area contributed by atoms with Crippen molar-refractivity contribution in [3.63, 3.8) is 0 Å². The van der Waals surface area contributed by atoms with Crippen LogP contribution in [0, 0.1) is 0 Å². The Morgan fingerprint density at radius 1 is 0.216 bits per heavy atom. The summed E-state index contributed by atoms with van der Waals surface area (Å²) in [5.41, 5.74) is 20.8. The average molecular weight is 1160 g/mol. The summed E-state index contributed by atoms with van der Waals surface area (Å²) in [5, 5.41) is 9.90. The Bertz CT molecular complexity index is 5830. The highest BCUT2D eigenvalue weighted by atomic mass is 32.1. The van der Waals surface area contributed by atoms with Crippen LogP contribution in [-0.2, 0) is 0 Å². The maximum Gasteiger partial charge on any atom is 0.235 e. The summed E-state index contributed by atoms with van der Waals surface area (Å²) in [6.45, 7) is 0. The number of para-hydroxylation sites is 2. The molecule has 5 heterocycles. The molecular formula is C82H50N4S2. The van der Waals surface area contributed by atoms with E-state index < -0.39 is 0 Å². The molecule has 6 heteroatoms. The molecule has 0 bridgehead atoms. The summed E-state index contributed by atoms with van der Waals surface area (Å²) in [5.74, 6) is 0.602. The van der Waals surface area contributed by atoms with Crippen molar-refractivity contribution in [3.8, 4) is 89.8 Å². The molecule has 0 aliphatic heterocycles. The van der Waals surface area contributed by atoms with E-state index in [-0.39, 0.29) is 0 Å². The Hall–Kier alpha value is -11.0. The SMILES string of the molecule is c1ccc(-c2ccc(-c3cccc(-c4cc(-c5cccc(-n6c7ccccc7c7cc(-c8ccc9sc%10ccccc%10c9c8)ccc76)c5)nc(-n5c6ccccc6c6cc(-c7ccc8sc9ccccc9c8c7)ccc65)n4)c3)cc2-c2ccccc2)cc1. The molecule has 0 saturated heterocycles. The van der Waals surface area contributed by atoms with Crippen LogP contribution in [0.4, 0.5) is 0 Å². The number of hydrogen-bond donors (Lipinski definition) is 0. The van der Waals surface area contributed by atoms with Gasteiger partial charge >= 0.3 is 0 Å². The van der Waals surface area contributed by atoms with Crippen molar-refractivity contribution in [2.75, 3.05) is 0 Å². The number of aromatic nitrogens is 4. The van der Waals surface area contributed by atoms with Crippen molar-refractivity contribution < 1.29 is 0 Å². The van der Waals surface area contributed by atoms with E-state index >= 15 is 0 Å². The first kappa shape index (κ1) is 50.3. The fourth-order valence-corrected chi connectivity index (χ4v) is 15.7. The maximum atomic E-state index is 5.65. The first-order valence-electron chi connectivity index (χ1n) is 29.8. The van der Waals surface area contributed by atoms with Gasteiger partial charge in [-0.2, -0.15) is 0 Å². The molecule has 0 fully saturated rings. The second-order valence-corrected chi connectivity index (χ2v) is 25.0. The molecule has 0 aliphatic carbocycles. The van der Waals surface area contributed by atoms with Crippen molar-refractivity contribution in [2.45, 2.75) is 0 Å². The molecule has 13 aromatic carbocycles. The van der Waals surface area contributed by atoms with Crippen LogP contribution in [0.2, 0.25) is 0 Å². The Balaban J connectivity index is 0.800. The third-order valence-electron chi connectivity index (χ3n) is 17.8. The molecule has 0 unspecified atom stereocenters. The van der Waals surface area contributed by atoms with Gasteiger partial charge in [0.25, 0.3) is 0 Å². The van der Waals surface area contributed by atoms with Gasteiger partial charge in [0, 0.05) is 78.7 Å². The molecule has 410 valence electrons. The van der Waals surface area contributed by atoms with Gasteiger partial charge in [0.1, 0.15) is 0 Å². The summed E-state index contributed by atoms with van der Waals surface area (Å²) in [4.78, 5) is 11.3. The summed E-state index contributed by atoms with van der Waals surface area (Å²) in [6.07, 6.45) is 0. The van der Waals surface area contributed by atoms with E-state index in [2.05, 4.69) is 312 Å². The van der Waals surface area contributed by atoms with Gasteiger partial charge in [0.15, 0.2) is 0 Å². The molecule has 0 saturated carbocycles. The topological polar surface area (TPSA) is 35.6 Å². The van der Waals surface area contributed by atoms with Gasteiger partial charge in [-0.3, -0.25) is 4.57 Å². The van der Waals surface area contributed by atoms with Crippen LogP contribution >= 0.6 is 22.7 Å². The zero-order valence-corrected chi connectivity index (χ0v) is 49.1. The lowest BCUT2D eigenvalue weighted by atomic mass is 9.90. The average Bonchev–Trinajstić information content (AvgIpc) is 1.96. The lowest BCUT2D eigenvalue weighted by Crippen LogP contribution is -2.04. The van der Waals surface area contributed by atoms with Crippen molar-refractivity contribution in [3.05, 3.63) is 303 Å². The molecule has 18 rings (SSSR count). The quantitative estimate of drug-likeness (QED) is 0.144. The molecule has 0 amide bonds. The second-order valence-electron chi connectivity index (χ2n) is 22.8. The van der Waals surface area contributed by atoms with E-state index in [1.165, 1.54) is 95.6 Å². The highest BCUT2D eigenvalue weighted by Gasteiger charge is 2.21. The number of hydrogen-bond acceptors (Lipinski definition) is 4. The molecule has 5 aromatic heterocycles. The number of thiophene rings is 2. The maximum absolute atomic E-state index is 5.65. The van der Waals surface area contributed by atoms with Crippen LogP contribution in [0.25, 0.3) is 174 Å². The van der Waals surface area contributed by atoms with E-state index in [1.54, 1.807) is 0 Å². The third-order valence-corrected chi connectivity index (χ3v) is 20.1. The van der Waals surface area contributed by atoms with Gasteiger partial charge in [-0.1, -0.05) is 200 Å². The van der Waals surface area contributed by atoms with Gasteiger partial charge in [0.2, 0.25) is 5.95 Å². The van der Waals surface area contributed by atoms with E-state index in [1.807, 2.05) is 22.7 Å². The number of rotatable bonds is 9. The lowest BCUT2D eigenvalue weighted by Gasteiger charge is -2.15. The molecule has 0 aliphatic rings. The van der Waals surface area contributed by atoms with E-state index in [9.17, 15) is 0 Å². The van der Waals surface area contributed by atoms with Gasteiger partial charge in [-0.05, 0) is 159 Å². The molecule has 0 spiro atoms. The number of fused-ring (bicyclic) bond motifs is 12. The largest absolute Gasteiger partial charge is 0.309 e. The van der Waals surface area contributed by atoms with Crippen LogP contribution in [0.5, 0.6) is 0 Å². The standard InChI is InChI=1S/C82H50N4S2/c1-3-17-51(18-4-1)62-38-33-54(45-67(62)52-19-5-2-6-20-52)53-21-15-22-59(43-53)72-50-73(84-82(83-72)86-75-30-12-8-26-64(75)69-47-56(35-40-77(69)86)58-37-42-81-71(49-58)66-28-10-14-32-79(66)88-81)60-23-16-24-61(44-60)85-74-29-11-7-25-63(74)68-46-55(34-39-76(68)85)57-36-41-80-70(48-57)65-27-9-13-31-78(65)87-80/h1-50H. The molecule has 0 radical (unpaired) electrons. The molecule has 0 N–H and O–H groups in total. The summed E-state index contributed by atoms with van der Waals surface area (Å²) >= 11 is 3.71.